The Hall–Kier alpha value is -0.323. The first kappa shape index (κ1) is 11.7. The van der Waals surface area contributed by atoms with Gasteiger partial charge in [-0.15, -0.1) is 0 Å². The lowest BCUT2D eigenvalue weighted by Gasteiger charge is -2.19. The molecule has 0 rings (SSSR count). The topological polar surface area (TPSA) is 21.7 Å². The highest BCUT2D eigenvalue weighted by molar-refractivity contribution is 6.22. The summed E-state index contributed by atoms with van der Waals surface area (Å²) in [5.74, 6) is 0. The maximum atomic E-state index is 5.10. The zero-order chi connectivity index (χ0) is 9.56. The van der Waals surface area contributed by atoms with Crippen molar-refractivity contribution in [3.8, 4) is 0 Å². The normalized spacial score (nSPS) is 13.0. The number of methoxy groups -OCH3 is 2. The number of likely N-dealkylation sites (N-methyl/N-ethyl adjacent to an activating group) is 1. The van der Waals surface area contributed by atoms with E-state index >= 15 is 0 Å². The van der Waals surface area contributed by atoms with Crippen LogP contribution in [0.25, 0.3) is 0 Å². The van der Waals surface area contributed by atoms with Crippen LogP contribution in [0.15, 0.2) is 10.9 Å². The minimum atomic E-state index is 0.676. The van der Waals surface area contributed by atoms with Crippen molar-refractivity contribution < 1.29 is 9.47 Å². The van der Waals surface area contributed by atoms with Crippen LogP contribution >= 0.6 is 0 Å². The molecule has 0 fully saturated rings. The summed E-state index contributed by atoms with van der Waals surface area (Å²) in [6.45, 7) is 1.40. The summed E-state index contributed by atoms with van der Waals surface area (Å²) < 4.78 is 10.2. The smallest absolute Gasteiger partial charge is 0.0856 e. The van der Waals surface area contributed by atoms with E-state index in [0.717, 1.165) is 16.8 Å². The Balaban J connectivity index is 4.32. The molecule has 0 atom stereocenters. The molecule has 4 heteroatoms. The maximum Gasteiger partial charge on any atom is 0.0856 e. The van der Waals surface area contributed by atoms with Crippen LogP contribution in [0.2, 0.25) is 0 Å². The second-order valence-corrected chi connectivity index (χ2v) is 4.19. The fourth-order valence-electron chi connectivity index (χ4n) is 1.07. The Morgan fingerprint density at radius 3 is 2.00 bits per heavy atom. The second-order valence-electron chi connectivity index (χ2n) is 2.99. The van der Waals surface area contributed by atoms with E-state index in [1.807, 2.05) is 14.1 Å². The van der Waals surface area contributed by atoms with E-state index < -0.39 is 0 Å². The summed E-state index contributed by atoms with van der Waals surface area (Å²) in [5.41, 5.74) is 1.24. The van der Waals surface area contributed by atoms with Crippen LogP contribution in [0.3, 0.4) is 0 Å². The Morgan fingerprint density at radius 1 is 1.17 bits per heavy atom. The maximum absolute atomic E-state index is 5.10. The third kappa shape index (κ3) is 3.89. The number of rotatable bonds is 5. The highest BCUT2D eigenvalue weighted by atomic mass is 28.1. The first-order chi connectivity index (χ1) is 5.63. The van der Waals surface area contributed by atoms with Gasteiger partial charge in [0.15, 0.2) is 0 Å². The van der Waals surface area contributed by atoms with Gasteiger partial charge in [-0.25, -0.2) is 0 Å². The monoisotopic (exact) mass is 189 g/mol. The highest BCUT2D eigenvalue weighted by Crippen LogP contribution is 2.04. The molecule has 0 radical (unpaired) electrons. The first-order valence-corrected chi connectivity index (χ1v) is 4.97. The molecule has 0 aromatic rings. The van der Waals surface area contributed by atoms with Crippen molar-refractivity contribution in [3.63, 3.8) is 0 Å². The quantitative estimate of drug-likeness (QED) is 0.540. The van der Waals surface area contributed by atoms with Gasteiger partial charge < -0.3 is 14.4 Å². The molecule has 0 heterocycles. The molecule has 0 bridgehead atoms. The van der Waals surface area contributed by atoms with Gasteiger partial charge >= 0.3 is 0 Å². The highest BCUT2D eigenvalue weighted by Gasteiger charge is 2.03. The molecule has 0 aliphatic carbocycles. The molecule has 0 aliphatic rings. The number of nitrogens with zero attached hydrogens (tertiary/aromatic N) is 1. The van der Waals surface area contributed by atoms with Crippen LogP contribution in [0.4, 0.5) is 0 Å². The number of ether oxygens (including phenoxy) is 2. The van der Waals surface area contributed by atoms with Crippen molar-refractivity contribution >= 4 is 10.2 Å². The Bertz CT molecular complexity index is 157. The molecule has 3 nitrogen and oxygen atoms in total. The molecule has 0 amide bonds. The minimum Gasteiger partial charge on any atom is -0.381 e. The van der Waals surface area contributed by atoms with Gasteiger partial charge in [0.1, 0.15) is 0 Å². The molecule has 0 aromatic heterocycles. The van der Waals surface area contributed by atoms with E-state index in [4.69, 9.17) is 9.47 Å². The molecule has 0 saturated heterocycles. The number of hydrogen-bond donors (Lipinski definition) is 0. The van der Waals surface area contributed by atoms with Gasteiger partial charge in [-0.05, 0) is 5.20 Å². The standard InChI is InChI=1S/C8H19NO2Si/c1-9(2)7(5-10-3)8(12)6-11-4/h5-6H2,1-4,12H3. The zero-order valence-corrected chi connectivity index (χ0v) is 10.7. The fraction of sp³-hybridized carbons (Fsp3) is 0.750. The van der Waals surface area contributed by atoms with Gasteiger partial charge in [0.05, 0.1) is 13.2 Å². The molecule has 0 unspecified atom stereocenters. The molecular weight excluding hydrogens is 170 g/mol. The summed E-state index contributed by atoms with van der Waals surface area (Å²) in [5, 5.41) is 1.35. The average Bonchev–Trinajstić information content (AvgIpc) is 1.99. The van der Waals surface area contributed by atoms with Crippen molar-refractivity contribution in [2.45, 2.75) is 0 Å². The molecular formula is C8H19NO2Si. The van der Waals surface area contributed by atoms with Gasteiger partial charge in [-0.1, -0.05) is 0 Å². The van der Waals surface area contributed by atoms with Gasteiger partial charge in [-0.3, -0.25) is 0 Å². The predicted molar refractivity (Wildman–Crippen MR) is 54.4 cm³/mol. The van der Waals surface area contributed by atoms with Crippen molar-refractivity contribution in [2.75, 3.05) is 41.5 Å². The molecule has 0 aliphatic heterocycles. The first-order valence-electron chi connectivity index (χ1n) is 3.97. The lowest BCUT2D eigenvalue weighted by molar-refractivity contribution is 0.195. The van der Waals surface area contributed by atoms with Crippen molar-refractivity contribution in [3.05, 3.63) is 10.9 Å². The van der Waals surface area contributed by atoms with Gasteiger partial charge in [-0.2, -0.15) is 0 Å². The van der Waals surface area contributed by atoms with Crippen LogP contribution in [-0.2, 0) is 9.47 Å². The van der Waals surface area contributed by atoms with Crippen LogP contribution < -0.4 is 0 Å². The van der Waals surface area contributed by atoms with E-state index in [0.29, 0.717) is 6.61 Å². The lowest BCUT2D eigenvalue weighted by Crippen LogP contribution is -2.19. The summed E-state index contributed by atoms with van der Waals surface area (Å²) >= 11 is 0. The molecule has 12 heavy (non-hydrogen) atoms. The Kier molecular flexibility index (Phi) is 6.05. The lowest BCUT2D eigenvalue weighted by atomic mass is 10.4. The Morgan fingerprint density at radius 2 is 1.67 bits per heavy atom. The van der Waals surface area contributed by atoms with Gasteiger partial charge in [0, 0.05) is 44.3 Å². The van der Waals surface area contributed by atoms with E-state index in [1.165, 1.54) is 10.9 Å². The van der Waals surface area contributed by atoms with E-state index in [-0.39, 0.29) is 0 Å². The molecule has 0 aromatic carbocycles. The third-order valence-corrected chi connectivity index (χ3v) is 2.54. The average molecular weight is 189 g/mol. The summed E-state index contributed by atoms with van der Waals surface area (Å²) in [6, 6.07) is 0. The SMILES string of the molecule is COCC([SiH3])=C(COC)N(C)C. The fourth-order valence-corrected chi connectivity index (χ4v) is 1.95. The molecule has 72 valence electrons. The van der Waals surface area contributed by atoms with Crippen molar-refractivity contribution in [1.29, 1.82) is 0 Å². The van der Waals surface area contributed by atoms with Crippen molar-refractivity contribution in [1.82, 2.24) is 4.90 Å². The van der Waals surface area contributed by atoms with Gasteiger partial charge in [0.2, 0.25) is 0 Å². The van der Waals surface area contributed by atoms with Crippen LogP contribution in [0.1, 0.15) is 0 Å². The van der Waals surface area contributed by atoms with E-state index in [2.05, 4.69) is 4.90 Å². The molecule has 0 N–H and O–H groups in total. The number of hydrogen-bond acceptors (Lipinski definition) is 3. The molecule has 0 spiro atoms. The Labute approximate surface area is 77.8 Å². The van der Waals surface area contributed by atoms with Gasteiger partial charge in [0.25, 0.3) is 0 Å². The van der Waals surface area contributed by atoms with E-state index in [1.54, 1.807) is 14.2 Å². The second kappa shape index (κ2) is 6.22. The molecule has 0 saturated carbocycles. The summed E-state index contributed by atoms with van der Waals surface area (Å²) in [6.07, 6.45) is 0. The van der Waals surface area contributed by atoms with Crippen LogP contribution in [0.5, 0.6) is 0 Å². The minimum absolute atomic E-state index is 0.676. The van der Waals surface area contributed by atoms with Crippen LogP contribution in [-0.4, -0.2) is 56.7 Å². The summed E-state index contributed by atoms with van der Waals surface area (Å²) in [4.78, 5) is 2.09. The zero-order valence-electron chi connectivity index (χ0n) is 8.68. The largest absolute Gasteiger partial charge is 0.381 e. The van der Waals surface area contributed by atoms with Crippen LogP contribution in [0, 0.1) is 0 Å². The van der Waals surface area contributed by atoms with Crippen molar-refractivity contribution in [2.24, 2.45) is 0 Å². The third-order valence-electron chi connectivity index (χ3n) is 1.67. The predicted octanol–water partition coefficient (Wildman–Crippen LogP) is -0.582. The summed E-state index contributed by atoms with van der Waals surface area (Å²) in [7, 11) is 8.52. The van der Waals surface area contributed by atoms with E-state index in [9.17, 15) is 0 Å².